The van der Waals surface area contributed by atoms with Crippen LogP contribution in [0.25, 0.3) is 10.4 Å². The van der Waals surface area contributed by atoms with Crippen LogP contribution in [0.3, 0.4) is 0 Å². The highest BCUT2D eigenvalue weighted by Gasteiger charge is 2.18. The lowest BCUT2D eigenvalue weighted by molar-refractivity contribution is -0.119. The van der Waals surface area contributed by atoms with E-state index < -0.39 is 0 Å². The minimum absolute atomic E-state index is 0. The summed E-state index contributed by atoms with van der Waals surface area (Å²) in [5, 5.41) is 8.28. The molecule has 1 aliphatic rings. The Bertz CT molecular complexity index is 598. The monoisotopic (exact) mass is 338 g/mol. The summed E-state index contributed by atoms with van der Waals surface area (Å²) < 4.78 is 5.57. The summed E-state index contributed by atoms with van der Waals surface area (Å²) in [7, 11) is 0. The first-order valence-electron chi connectivity index (χ1n) is 7.08. The first kappa shape index (κ1) is 17.0. The highest BCUT2D eigenvalue weighted by Crippen LogP contribution is 2.31. The van der Waals surface area contributed by atoms with Crippen LogP contribution in [0.15, 0.2) is 41.8 Å². The van der Waals surface area contributed by atoms with E-state index in [-0.39, 0.29) is 24.4 Å². The molecule has 118 valence electrons. The summed E-state index contributed by atoms with van der Waals surface area (Å²) in [4.78, 5) is 13.3. The molecule has 4 nitrogen and oxygen atoms in total. The molecule has 0 aliphatic carbocycles. The SMILES string of the molecule is Cl.O=C(CC1CNCCO1)Nc1ccccc1-c1cccs1. The number of hydrogen-bond donors (Lipinski definition) is 2. The van der Waals surface area contributed by atoms with Gasteiger partial charge in [-0.3, -0.25) is 4.79 Å². The normalized spacial score (nSPS) is 17.5. The predicted molar refractivity (Wildman–Crippen MR) is 92.9 cm³/mol. The molecular formula is C16H19ClN2O2S. The number of amides is 1. The molecule has 2 heterocycles. The molecule has 6 heteroatoms. The summed E-state index contributed by atoms with van der Waals surface area (Å²) >= 11 is 1.67. The Hall–Kier alpha value is -1.40. The van der Waals surface area contributed by atoms with Crippen LogP contribution in [-0.2, 0) is 9.53 Å². The zero-order valence-corrected chi connectivity index (χ0v) is 13.7. The second-order valence-corrected chi connectivity index (χ2v) is 5.92. The third-order valence-corrected chi connectivity index (χ3v) is 4.31. The molecule has 1 fully saturated rings. The average Bonchev–Trinajstić information content (AvgIpc) is 3.03. The number of morpholine rings is 1. The van der Waals surface area contributed by atoms with Crippen LogP contribution in [0.2, 0.25) is 0 Å². The molecule has 1 amide bonds. The molecule has 1 aromatic carbocycles. The predicted octanol–water partition coefficient (Wildman–Crippen LogP) is 3.15. The van der Waals surface area contributed by atoms with Crippen molar-refractivity contribution in [1.82, 2.24) is 5.32 Å². The molecule has 1 unspecified atom stereocenters. The van der Waals surface area contributed by atoms with E-state index in [1.807, 2.05) is 35.7 Å². The van der Waals surface area contributed by atoms with Gasteiger partial charge in [-0.2, -0.15) is 0 Å². The van der Waals surface area contributed by atoms with Crippen LogP contribution in [-0.4, -0.2) is 31.7 Å². The molecule has 3 rings (SSSR count). The lowest BCUT2D eigenvalue weighted by Gasteiger charge is -2.23. The Balaban J connectivity index is 0.00000176. The van der Waals surface area contributed by atoms with Gasteiger partial charge in [0.05, 0.1) is 19.1 Å². The summed E-state index contributed by atoms with van der Waals surface area (Å²) in [5.74, 6) is -0.00675. The molecule has 1 aliphatic heterocycles. The van der Waals surface area contributed by atoms with Gasteiger partial charge < -0.3 is 15.4 Å². The van der Waals surface area contributed by atoms with Gasteiger partial charge in [-0.25, -0.2) is 0 Å². The van der Waals surface area contributed by atoms with Crippen LogP contribution in [0.1, 0.15) is 6.42 Å². The van der Waals surface area contributed by atoms with E-state index in [9.17, 15) is 4.79 Å². The Morgan fingerprint density at radius 2 is 2.18 bits per heavy atom. The number of ether oxygens (including phenoxy) is 1. The number of benzene rings is 1. The minimum atomic E-state index is -0.0346. The van der Waals surface area contributed by atoms with Crippen molar-refractivity contribution in [3.05, 3.63) is 41.8 Å². The van der Waals surface area contributed by atoms with E-state index in [1.54, 1.807) is 11.3 Å². The van der Waals surface area contributed by atoms with E-state index in [0.717, 1.165) is 29.2 Å². The number of carbonyl (C=O) groups is 1. The van der Waals surface area contributed by atoms with Crippen LogP contribution in [0.4, 0.5) is 5.69 Å². The molecular weight excluding hydrogens is 320 g/mol. The Morgan fingerprint density at radius 1 is 1.32 bits per heavy atom. The Kier molecular flexibility index (Phi) is 6.39. The fourth-order valence-corrected chi connectivity index (χ4v) is 3.16. The van der Waals surface area contributed by atoms with Crippen molar-refractivity contribution >= 4 is 35.3 Å². The van der Waals surface area contributed by atoms with Gasteiger partial charge >= 0.3 is 0 Å². The van der Waals surface area contributed by atoms with Gasteiger partial charge in [0.1, 0.15) is 0 Å². The van der Waals surface area contributed by atoms with Crippen LogP contribution < -0.4 is 10.6 Å². The van der Waals surface area contributed by atoms with Gasteiger partial charge in [0.15, 0.2) is 0 Å². The topological polar surface area (TPSA) is 50.4 Å². The molecule has 1 saturated heterocycles. The maximum absolute atomic E-state index is 12.2. The maximum atomic E-state index is 12.2. The number of para-hydroxylation sites is 1. The smallest absolute Gasteiger partial charge is 0.227 e. The van der Waals surface area contributed by atoms with E-state index in [1.165, 1.54) is 0 Å². The highest BCUT2D eigenvalue weighted by atomic mass is 35.5. The average molecular weight is 339 g/mol. The van der Waals surface area contributed by atoms with Crippen molar-refractivity contribution in [2.45, 2.75) is 12.5 Å². The second kappa shape index (κ2) is 8.29. The van der Waals surface area contributed by atoms with Crippen molar-refractivity contribution in [3.63, 3.8) is 0 Å². The summed E-state index contributed by atoms with van der Waals surface area (Å²) in [6.07, 6.45) is 0.346. The van der Waals surface area contributed by atoms with Crippen molar-refractivity contribution in [3.8, 4) is 10.4 Å². The molecule has 0 radical (unpaired) electrons. The molecule has 22 heavy (non-hydrogen) atoms. The molecule has 0 bridgehead atoms. The van der Waals surface area contributed by atoms with Gasteiger partial charge in [-0.15, -0.1) is 23.7 Å². The summed E-state index contributed by atoms with van der Waals surface area (Å²) in [6, 6.07) is 12.0. The minimum Gasteiger partial charge on any atom is -0.375 e. The van der Waals surface area contributed by atoms with Crippen LogP contribution >= 0.6 is 23.7 Å². The summed E-state index contributed by atoms with van der Waals surface area (Å²) in [6.45, 7) is 2.27. The number of halogens is 1. The fraction of sp³-hybridized carbons (Fsp3) is 0.312. The van der Waals surface area contributed by atoms with Crippen molar-refractivity contribution < 1.29 is 9.53 Å². The van der Waals surface area contributed by atoms with Crippen LogP contribution in [0.5, 0.6) is 0 Å². The number of rotatable bonds is 4. The number of anilines is 1. The number of nitrogens with one attached hydrogen (secondary N) is 2. The lowest BCUT2D eigenvalue weighted by atomic mass is 10.1. The molecule has 2 aromatic rings. The zero-order chi connectivity index (χ0) is 14.5. The van der Waals surface area contributed by atoms with E-state index in [2.05, 4.69) is 16.7 Å². The Morgan fingerprint density at radius 3 is 2.91 bits per heavy atom. The zero-order valence-electron chi connectivity index (χ0n) is 12.1. The lowest BCUT2D eigenvalue weighted by Crippen LogP contribution is -2.40. The molecule has 0 saturated carbocycles. The van der Waals surface area contributed by atoms with Crippen molar-refractivity contribution in [2.24, 2.45) is 0 Å². The van der Waals surface area contributed by atoms with E-state index in [4.69, 9.17) is 4.74 Å². The van der Waals surface area contributed by atoms with E-state index in [0.29, 0.717) is 13.0 Å². The maximum Gasteiger partial charge on any atom is 0.227 e. The Labute approximate surface area is 140 Å². The van der Waals surface area contributed by atoms with Gasteiger partial charge in [0.25, 0.3) is 0 Å². The van der Waals surface area contributed by atoms with Crippen molar-refractivity contribution in [2.75, 3.05) is 25.0 Å². The standard InChI is InChI=1S/C16H18N2O2S.ClH/c19-16(10-12-11-17-7-8-20-12)18-14-5-2-1-4-13(14)15-6-3-9-21-15;/h1-6,9,12,17H,7-8,10-11H2,(H,18,19);1H. The first-order chi connectivity index (χ1) is 10.3. The van der Waals surface area contributed by atoms with Crippen LogP contribution in [0, 0.1) is 0 Å². The van der Waals surface area contributed by atoms with Gasteiger partial charge in [-0.05, 0) is 17.5 Å². The molecule has 1 atom stereocenters. The van der Waals surface area contributed by atoms with Crippen molar-refractivity contribution in [1.29, 1.82) is 0 Å². The second-order valence-electron chi connectivity index (χ2n) is 4.97. The molecule has 2 N–H and O–H groups in total. The molecule has 1 aromatic heterocycles. The number of hydrogen-bond acceptors (Lipinski definition) is 4. The number of thiophene rings is 1. The molecule has 0 spiro atoms. The number of carbonyl (C=O) groups excluding carboxylic acids is 1. The summed E-state index contributed by atoms with van der Waals surface area (Å²) in [5.41, 5.74) is 1.91. The first-order valence-corrected chi connectivity index (χ1v) is 7.96. The highest BCUT2D eigenvalue weighted by molar-refractivity contribution is 7.13. The van der Waals surface area contributed by atoms with Gasteiger partial charge in [0, 0.05) is 29.2 Å². The van der Waals surface area contributed by atoms with Gasteiger partial charge in [0.2, 0.25) is 5.91 Å². The van der Waals surface area contributed by atoms with E-state index >= 15 is 0 Å². The quantitative estimate of drug-likeness (QED) is 0.900. The fourth-order valence-electron chi connectivity index (χ4n) is 2.40. The third kappa shape index (κ3) is 4.30. The van der Waals surface area contributed by atoms with Gasteiger partial charge in [-0.1, -0.05) is 24.3 Å². The largest absolute Gasteiger partial charge is 0.375 e. The third-order valence-electron chi connectivity index (χ3n) is 3.41.